The molecule has 1 aromatic rings. The Morgan fingerprint density at radius 1 is 1.26 bits per heavy atom. The molecule has 0 radical (unpaired) electrons. The molecule has 0 aliphatic carbocycles. The van der Waals surface area contributed by atoms with Crippen LogP contribution in [-0.4, -0.2) is 46.1 Å². The number of nitrogens with zero attached hydrogens (tertiary/aromatic N) is 1. The fourth-order valence-electron chi connectivity index (χ4n) is 1.80. The molecular weight excluding hydrogens is 264 g/mol. The van der Waals surface area contributed by atoms with Crippen molar-refractivity contribution in [2.24, 2.45) is 0 Å². The molecule has 5 nitrogen and oxygen atoms in total. The Labute approximate surface area is 115 Å². The average Bonchev–Trinajstić information content (AvgIpc) is 2.43. The summed E-state index contributed by atoms with van der Waals surface area (Å²) in [6.45, 7) is 5.50. The third kappa shape index (κ3) is 3.92. The molecule has 0 amide bonds. The number of rotatable bonds is 8. The van der Waals surface area contributed by atoms with Gasteiger partial charge in [0, 0.05) is 26.7 Å². The van der Waals surface area contributed by atoms with Crippen molar-refractivity contribution < 1.29 is 13.2 Å². The Hall–Kier alpha value is -1.11. The fraction of sp³-hybridized carbons (Fsp3) is 0.538. The molecule has 1 aromatic carbocycles. The van der Waals surface area contributed by atoms with E-state index in [2.05, 4.69) is 5.32 Å². The van der Waals surface area contributed by atoms with Crippen molar-refractivity contribution in [1.82, 2.24) is 4.31 Å². The standard InChI is InChI=1S/C13H22N2O3S/c1-4-15(10-11-18-5-2)19(16,17)13-9-7-6-8-12(13)14-3/h6-9,14H,4-5,10-11H2,1-3H3. The summed E-state index contributed by atoms with van der Waals surface area (Å²) in [7, 11) is -1.77. The van der Waals surface area contributed by atoms with Gasteiger partial charge < -0.3 is 10.1 Å². The number of likely N-dealkylation sites (N-methyl/N-ethyl adjacent to an activating group) is 1. The number of para-hydroxylation sites is 1. The van der Waals surface area contributed by atoms with Gasteiger partial charge in [-0.1, -0.05) is 19.1 Å². The highest BCUT2D eigenvalue weighted by Crippen LogP contribution is 2.23. The lowest BCUT2D eigenvalue weighted by atomic mass is 10.3. The second-order valence-electron chi connectivity index (χ2n) is 3.94. The number of nitrogens with one attached hydrogen (secondary N) is 1. The normalized spacial score (nSPS) is 11.8. The summed E-state index contributed by atoms with van der Waals surface area (Å²) in [5.41, 5.74) is 0.609. The van der Waals surface area contributed by atoms with Crippen LogP contribution < -0.4 is 5.32 Å². The minimum absolute atomic E-state index is 0.302. The molecule has 0 aliphatic rings. The van der Waals surface area contributed by atoms with Gasteiger partial charge in [-0.15, -0.1) is 0 Å². The van der Waals surface area contributed by atoms with Gasteiger partial charge in [-0.3, -0.25) is 0 Å². The molecule has 0 atom stereocenters. The van der Waals surface area contributed by atoms with Gasteiger partial charge in [0.2, 0.25) is 10.0 Å². The van der Waals surface area contributed by atoms with Crippen LogP contribution >= 0.6 is 0 Å². The van der Waals surface area contributed by atoms with Gasteiger partial charge in [-0.2, -0.15) is 4.31 Å². The van der Waals surface area contributed by atoms with Crippen molar-refractivity contribution in [2.45, 2.75) is 18.7 Å². The van der Waals surface area contributed by atoms with Crippen molar-refractivity contribution in [3.63, 3.8) is 0 Å². The van der Waals surface area contributed by atoms with Crippen LogP contribution in [0.3, 0.4) is 0 Å². The van der Waals surface area contributed by atoms with Gasteiger partial charge in [-0.05, 0) is 19.1 Å². The molecule has 1 N–H and O–H groups in total. The molecule has 19 heavy (non-hydrogen) atoms. The van der Waals surface area contributed by atoms with E-state index in [1.54, 1.807) is 31.3 Å². The van der Waals surface area contributed by atoms with Crippen molar-refractivity contribution in [3.8, 4) is 0 Å². The highest BCUT2D eigenvalue weighted by Gasteiger charge is 2.25. The van der Waals surface area contributed by atoms with Gasteiger partial charge >= 0.3 is 0 Å². The van der Waals surface area contributed by atoms with Crippen LogP contribution in [0.1, 0.15) is 13.8 Å². The third-order valence-corrected chi connectivity index (χ3v) is 4.85. The molecule has 0 saturated carbocycles. The van der Waals surface area contributed by atoms with Crippen molar-refractivity contribution in [1.29, 1.82) is 0 Å². The van der Waals surface area contributed by atoms with E-state index in [9.17, 15) is 8.42 Å². The highest BCUT2D eigenvalue weighted by atomic mass is 32.2. The van der Waals surface area contributed by atoms with E-state index in [0.717, 1.165) is 0 Å². The van der Waals surface area contributed by atoms with Crippen LogP contribution in [0.15, 0.2) is 29.2 Å². The predicted octanol–water partition coefficient (Wildman–Crippen LogP) is 1.78. The molecule has 6 heteroatoms. The molecule has 0 bridgehead atoms. The number of sulfonamides is 1. The van der Waals surface area contributed by atoms with E-state index in [1.165, 1.54) is 4.31 Å². The molecule has 0 saturated heterocycles. The van der Waals surface area contributed by atoms with Crippen LogP contribution in [-0.2, 0) is 14.8 Å². The fourth-order valence-corrected chi connectivity index (χ4v) is 3.43. The summed E-state index contributed by atoms with van der Waals surface area (Å²) in [5.74, 6) is 0. The molecule has 0 aliphatic heterocycles. The van der Waals surface area contributed by atoms with E-state index in [-0.39, 0.29) is 0 Å². The van der Waals surface area contributed by atoms with Gasteiger partial charge in [-0.25, -0.2) is 8.42 Å². The highest BCUT2D eigenvalue weighted by molar-refractivity contribution is 7.89. The predicted molar refractivity (Wildman–Crippen MR) is 76.9 cm³/mol. The van der Waals surface area contributed by atoms with Crippen molar-refractivity contribution in [3.05, 3.63) is 24.3 Å². The van der Waals surface area contributed by atoms with Crippen LogP contribution in [0.4, 0.5) is 5.69 Å². The molecule has 0 unspecified atom stereocenters. The molecular formula is C13H22N2O3S. The minimum Gasteiger partial charge on any atom is -0.387 e. The lowest BCUT2D eigenvalue weighted by Gasteiger charge is -2.21. The molecule has 0 fully saturated rings. The lowest BCUT2D eigenvalue weighted by Crippen LogP contribution is -2.34. The zero-order valence-electron chi connectivity index (χ0n) is 11.7. The molecule has 1 rings (SSSR count). The first-order valence-corrected chi connectivity index (χ1v) is 7.86. The lowest BCUT2D eigenvalue weighted by molar-refractivity contribution is 0.135. The van der Waals surface area contributed by atoms with E-state index < -0.39 is 10.0 Å². The molecule has 108 valence electrons. The first-order chi connectivity index (χ1) is 9.07. The topological polar surface area (TPSA) is 58.6 Å². The number of ether oxygens (including phenoxy) is 1. The van der Waals surface area contributed by atoms with Gasteiger partial charge in [0.05, 0.1) is 12.3 Å². The second-order valence-corrected chi connectivity index (χ2v) is 5.85. The first kappa shape index (κ1) is 15.9. The minimum atomic E-state index is -3.48. The Morgan fingerprint density at radius 3 is 2.53 bits per heavy atom. The van der Waals surface area contributed by atoms with Crippen LogP contribution in [0, 0.1) is 0 Å². The molecule has 0 aromatic heterocycles. The van der Waals surface area contributed by atoms with Crippen LogP contribution in [0.25, 0.3) is 0 Å². The van der Waals surface area contributed by atoms with Crippen LogP contribution in [0.5, 0.6) is 0 Å². The summed E-state index contributed by atoms with van der Waals surface area (Å²) in [6.07, 6.45) is 0. The van der Waals surface area contributed by atoms with Crippen molar-refractivity contribution in [2.75, 3.05) is 38.7 Å². The summed E-state index contributed by atoms with van der Waals surface area (Å²) < 4.78 is 31.8. The zero-order valence-corrected chi connectivity index (χ0v) is 12.5. The summed E-state index contributed by atoms with van der Waals surface area (Å²) in [4.78, 5) is 0.302. The van der Waals surface area contributed by atoms with Gasteiger partial charge in [0.1, 0.15) is 4.90 Å². The monoisotopic (exact) mass is 286 g/mol. The Morgan fingerprint density at radius 2 is 1.95 bits per heavy atom. The SMILES string of the molecule is CCOCCN(CC)S(=O)(=O)c1ccccc1NC. The molecule has 0 spiro atoms. The van der Waals surface area contributed by atoms with Gasteiger partial charge in [0.25, 0.3) is 0 Å². The quantitative estimate of drug-likeness (QED) is 0.740. The Bertz CT molecular complexity index is 488. The van der Waals surface area contributed by atoms with E-state index in [0.29, 0.717) is 36.9 Å². The maximum Gasteiger partial charge on any atom is 0.245 e. The smallest absolute Gasteiger partial charge is 0.245 e. The number of hydrogen-bond donors (Lipinski definition) is 1. The Kier molecular flexibility index (Phi) is 6.27. The first-order valence-electron chi connectivity index (χ1n) is 6.42. The summed E-state index contributed by atoms with van der Waals surface area (Å²) in [6, 6.07) is 6.90. The largest absolute Gasteiger partial charge is 0.387 e. The number of benzene rings is 1. The number of hydrogen-bond acceptors (Lipinski definition) is 4. The second kappa shape index (κ2) is 7.47. The number of anilines is 1. The average molecular weight is 286 g/mol. The maximum absolute atomic E-state index is 12.6. The van der Waals surface area contributed by atoms with E-state index in [1.807, 2.05) is 13.8 Å². The molecule has 0 heterocycles. The Balaban J connectivity index is 2.99. The van der Waals surface area contributed by atoms with Crippen molar-refractivity contribution >= 4 is 15.7 Å². The van der Waals surface area contributed by atoms with Crippen LogP contribution in [0.2, 0.25) is 0 Å². The summed E-state index contributed by atoms with van der Waals surface area (Å²) >= 11 is 0. The van der Waals surface area contributed by atoms with E-state index in [4.69, 9.17) is 4.74 Å². The summed E-state index contributed by atoms with van der Waals surface area (Å²) in [5, 5.41) is 2.91. The van der Waals surface area contributed by atoms with E-state index >= 15 is 0 Å². The van der Waals surface area contributed by atoms with Gasteiger partial charge in [0.15, 0.2) is 0 Å². The zero-order chi connectivity index (χ0) is 14.3. The third-order valence-electron chi connectivity index (χ3n) is 2.82. The maximum atomic E-state index is 12.6.